The van der Waals surface area contributed by atoms with E-state index in [0.717, 1.165) is 36.0 Å². The number of nitrogens with zero attached hydrogens (tertiary/aromatic N) is 2. The lowest BCUT2D eigenvalue weighted by atomic mass is 10.0. The van der Waals surface area contributed by atoms with Gasteiger partial charge in [-0.15, -0.1) is 0 Å². The number of piperidine rings is 1. The van der Waals surface area contributed by atoms with Gasteiger partial charge in [0.1, 0.15) is 11.0 Å². The summed E-state index contributed by atoms with van der Waals surface area (Å²) in [6.07, 6.45) is 4.43. The maximum atomic E-state index is 9.88. The molecular weight excluding hydrogens is 398 g/mol. The van der Waals surface area contributed by atoms with Gasteiger partial charge in [-0.1, -0.05) is 18.2 Å². The second kappa shape index (κ2) is 9.82. The quantitative estimate of drug-likeness (QED) is 0.500. The average Bonchev–Trinajstić information content (AvgIpc) is 2.78. The molecule has 158 valence electrons. The molecule has 0 spiro atoms. The summed E-state index contributed by atoms with van der Waals surface area (Å²) in [5.74, 6) is 0. The lowest BCUT2D eigenvalue weighted by molar-refractivity contribution is -0.168. The number of allylic oxidation sites excluding steroid dienone is 1. The van der Waals surface area contributed by atoms with Crippen molar-refractivity contribution < 1.29 is 14.9 Å². The summed E-state index contributed by atoms with van der Waals surface area (Å²) >= 11 is 1.15. The Kier molecular flexibility index (Phi) is 6.93. The van der Waals surface area contributed by atoms with Crippen molar-refractivity contribution in [1.82, 2.24) is 4.72 Å². The van der Waals surface area contributed by atoms with Crippen molar-refractivity contribution in [2.24, 2.45) is 0 Å². The smallest absolute Gasteiger partial charge is 0.171 e. The number of nitrogens with one attached hydrogen (secondary N) is 1. The summed E-state index contributed by atoms with van der Waals surface area (Å²) < 4.78 is 8.15. The Morgan fingerprint density at radius 1 is 1.13 bits per heavy atom. The first-order valence-corrected chi connectivity index (χ1v) is 11.2. The third-order valence-corrected chi connectivity index (χ3v) is 6.48. The number of hydrogen-bond donors (Lipinski definition) is 3. The minimum Gasteiger partial charge on any atom is -0.391 e. The number of anilines is 1. The highest BCUT2D eigenvalue weighted by molar-refractivity contribution is 8.01. The predicted molar refractivity (Wildman–Crippen MR) is 121 cm³/mol. The minimum absolute atomic E-state index is 0.127. The van der Waals surface area contributed by atoms with Gasteiger partial charge in [-0.25, -0.2) is 0 Å². The van der Waals surface area contributed by atoms with E-state index in [1.807, 2.05) is 12.1 Å². The summed E-state index contributed by atoms with van der Waals surface area (Å²) in [7, 11) is 0. The largest absolute Gasteiger partial charge is 0.391 e. The number of ether oxygens (including phenoxy) is 1. The first-order valence-electron chi connectivity index (χ1n) is 10.4. The molecule has 0 radical (unpaired) electrons. The Bertz CT molecular complexity index is 952. The molecule has 30 heavy (non-hydrogen) atoms. The third kappa shape index (κ3) is 5.15. The van der Waals surface area contributed by atoms with E-state index in [4.69, 9.17) is 4.74 Å². The second-order valence-electron chi connectivity index (χ2n) is 7.90. The fourth-order valence-electron chi connectivity index (χ4n) is 3.98. The highest BCUT2D eigenvalue weighted by atomic mass is 32.2. The van der Waals surface area contributed by atoms with Crippen molar-refractivity contribution in [2.75, 3.05) is 24.6 Å². The minimum atomic E-state index is -0.990. The molecule has 4 rings (SSSR count). The molecule has 3 unspecified atom stereocenters. The van der Waals surface area contributed by atoms with Crippen LogP contribution >= 0.6 is 11.9 Å². The molecule has 0 amide bonds. The van der Waals surface area contributed by atoms with Crippen LogP contribution in [-0.4, -0.2) is 48.3 Å². The van der Waals surface area contributed by atoms with E-state index >= 15 is 0 Å². The van der Waals surface area contributed by atoms with E-state index in [1.54, 1.807) is 0 Å². The highest BCUT2D eigenvalue weighted by Gasteiger charge is 2.29. The van der Waals surface area contributed by atoms with Gasteiger partial charge >= 0.3 is 0 Å². The maximum absolute atomic E-state index is 9.88. The molecule has 6 nitrogen and oxygen atoms in total. The number of rotatable bonds is 5. The molecule has 0 aromatic heterocycles. The Morgan fingerprint density at radius 2 is 1.90 bits per heavy atom. The first kappa shape index (κ1) is 21.2. The van der Waals surface area contributed by atoms with Crippen LogP contribution in [-0.2, 0) is 4.74 Å². The molecule has 2 saturated heterocycles. The molecule has 0 bridgehead atoms. The van der Waals surface area contributed by atoms with E-state index in [2.05, 4.69) is 46.0 Å². The van der Waals surface area contributed by atoms with E-state index in [0.29, 0.717) is 11.3 Å². The van der Waals surface area contributed by atoms with Crippen molar-refractivity contribution in [2.45, 2.75) is 44.1 Å². The number of benzene rings is 2. The average molecular weight is 426 g/mol. The summed E-state index contributed by atoms with van der Waals surface area (Å²) in [5.41, 5.74) is 2.22. The lowest BCUT2D eigenvalue weighted by Crippen LogP contribution is -2.46. The molecule has 0 aliphatic carbocycles. The second-order valence-corrected chi connectivity index (χ2v) is 8.78. The van der Waals surface area contributed by atoms with Crippen LogP contribution < -0.4 is 9.62 Å². The SMILES string of the molecule is N#C/C(=C\c1ccc2cc(N3CCCCC3)ccc2c1)SNC1CC(O)COC1O. The standard InChI is InChI=1S/C23H27N3O3S/c24-14-21(30-25-22-13-20(27)15-29-23(22)28)11-16-4-5-18-12-19(7-6-17(18)10-16)26-8-2-1-3-9-26/h4-7,10-12,20,22-23,25,27-28H,1-3,8-9,13,15H2/b21-11+. The van der Waals surface area contributed by atoms with Gasteiger partial charge in [0.15, 0.2) is 6.29 Å². The predicted octanol–water partition coefficient (Wildman–Crippen LogP) is 3.40. The molecule has 2 aromatic rings. The molecule has 2 aliphatic rings. The molecule has 2 heterocycles. The van der Waals surface area contributed by atoms with E-state index in [9.17, 15) is 15.5 Å². The molecule has 7 heteroatoms. The molecular formula is C23H27N3O3S. The summed E-state index contributed by atoms with van der Waals surface area (Å²) in [6.45, 7) is 2.38. The van der Waals surface area contributed by atoms with Crippen LogP contribution in [0.1, 0.15) is 31.2 Å². The summed E-state index contributed by atoms with van der Waals surface area (Å²) in [5, 5.41) is 31.4. The number of hydrogen-bond acceptors (Lipinski definition) is 7. The van der Waals surface area contributed by atoms with Crippen molar-refractivity contribution in [1.29, 1.82) is 5.26 Å². The zero-order valence-corrected chi connectivity index (χ0v) is 17.6. The molecule has 2 fully saturated rings. The molecule has 2 aliphatic heterocycles. The third-order valence-electron chi connectivity index (χ3n) is 5.63. The van der Waals surface area contributed by atoms with Gasteiger partial charge in [-0.3, -0.25) is 4.72 Å². The van der Waals surface area contributed by atoms with Crippen molar-refractivity contribution in [3.05, 3.63) is 46.9 Å². The number of aliphatic hydroxyl groups is 2. The van der Waals surface area contributed by atoms with Gasteiger partial charge in [-0.05, 0) is 78.2 Å². The number of nitriles is 1. The van der Waals surface area contributed by atoms with E-state index in [1.165, 1.54) is 30.3 Å². The van der Waals surface area contributed by atoms with Gasteiger partial charge < -0.3 is 19.8 Å². The summed E-state index contributed by atoms with van der Waals surface area (Å²) in [4.78, 5) is 2.93. The Labute approximate surface area is 181 Å². The lowest BCUT2D eigenvalue weighted by Gasteiger charge is -2.30. The monoisotopic (exact) mass is 425 g/mol. The van der Waals surface area contributed by atoms with Gasteiger partial charge in [0.05, 0.1) is 18.8 Å². The van der Waals surface area contributed by atoms with Gasteiger partial charge in [0, 0.05) is 18.8 Å². The zero-order chi connectivity index (χ0) is 20.9. The van der Waals surface area contributed by atoms with Crippen LogP contribution in [0, 0.1) is 11.3 Å². The van der Waals surface area contributed by atoms with Crippen LogP contribution in [0.25, 0.3) is 16.8 Å². The van der Waals surface area contributed by atoms with E-state index in [-0.39, 0.29) is 6.61 Å². The van der Waals surface area contributed by atoms with Crippen molar-refractivity contribution >= 4 is 34.5 Å². The van der Waals surface area contributed by atoms with Crippen molar-refractivity contribution in [3.8, 4) is 6.07 Å². The molecule has 3 N–H and O–H groups in total. The molecule has 3 atom stereocenters. The van der Waals surface area contributed by atoms with Crippen LogP contribution in [0.5, 0.6) is 0 Å². The topological polar surface area (TPSA) is 88.8 Å². The van der Waals surface area contributed by atoms with Gasteiger partial charge in [0.25, 0.3) is 0 Å². The normalized spacial score (nSPS) is 25.3. The Morgan fingerprint density at radius 3 is 2.70 bits per heavy atom. The van der Waals surface area contributed by atoms with E-state index < -0.39 is 18.4 Å². The fourth-order valence-corrected chi connectivity index (χ4v) is 4.71. The number of fused-ring (bicyclic) bond motifs is 1. The fraction of sp³-hybridized carbons (Fsp3) is 0.435. The van der Waals surface area contributed by atoms with Gasteiger partial charge in [-0.2, -0.15) is 5.26 Å². The van der Waals surface area contributed by atoms with Crippen LogP contribution in [0.4, 0.5) is 5.69 Å². The highest BCUT2D eigenvalue weighted by Crippen LogP contribution is 2.27. The molecule has 2 aromatic carbocycles. The number of aliphatic hydroxyl groups excluding tert-OH is 2. The Hall–Kier alpha value is -2.08. The zero-order valence-electron chi connectivity index (χ0n) is 16.8. The van der Waals surface area contributed by atoms with Crippen molar-refractivity contribution in [3.63, 3.8) is 0 Å². The van der Waals surface area contributed by atoms with Crippen LogP contribution in [0.15, 0.2) is 41.3 Å². The first-order chi connectivity index (χ1) is 14.6. The summed E-state index contributed by atoms with van der Waals surface area (Å²) in [6, 6.07) is 14.5. The Balaban J connectivity index is 1.46. The molecule has 0 saturated carbocycles. The maximum Gasteiger partial charge on any atom is 0.171 e. The van der Waals surface area contributed by atoms with Crippen LogP contribution in [0.3, 0.4) is 0 Å². The van der Waals surface area contributed by atoms with Crippen LogP contribution in [0.2, 0.25) is 0 Å². The van der Waals surface area contributed by atoms with Gasteiger partial charge in [0.2, 0.25) is 0 Å².